The molecule has 1 aliphatic rings. The van der Waals surface area contributed by atoms with Crippen LogP contribution in [0.5, 0.6) is 0 Å². The number of aromatic nitrogens is 3. The SMILES string of the molecule is CC1=C(C(=O)Nc2ccccc2)[C@H](c2ccc(F)cc2)n2c(s/c(=C/c3cc(Br)c(Sc4ncccn4)o3)c2=O)=N1. The maximum Gasteiger partial charge on any atom is 0.271 e. The number of hydrogen-bond acceptors (Lipinski definition) is 8. The minimum Gasteiger partial charge on any atom is -0.449 e. The second-order valence-electron chi connectivity index (χ2n) is 8.87. The van der Waals surface area contributed by atoms with Crippen LogP contribution in [0.3, 0.4) is 0 Å². The van der Waals surface area contributed by atoms with Gasteiger partial charge in [0.2, 0.25) is 0 Å². The van der Waals surface area contributed by atoms with E-state index in [-0.39, 0.29) is 5.56 Å². The van der Waals surface area contributed by atoms with Crippen molar-refractivity contribution < 1.29 is 13.6 Å². The molecule has 0 spiro atoms. The summed E-state index contributed by atoms with van der Waals surface area (Å²) in [5.41, 5.74) is 1.58. The largest absolute Gasteiger partial charge is 0.449 e. The maximum atomic E-state index is 13.9. The molecule has 5 aromatic rings. The molecule has 8 nitrogen and oxygen atoms in total. The van der Waals surface area contributed by atoms with E-state index in [0.717, 1.165) is 0 Å². The number of carbonyl (C=O) groups is 1. The Hall–Kier alpha value is -4.13. The molecule has 6 rings (SSSR count). The van der Waals surface area contributed by atoms with E-state index in [0.29, 0.717) is 52.3 Å². The van der Waals surface area contributed by atoms with Crippen molar-refractivity contribution in [1.82, 2.24) is 14.5 Å². The standard InChI is InChI=1S/C29H19BrFN5O3S2/c1-16-23(25(37)35-19-6-3-2-4-7-19)24(17-8-10-18(31)11-9-17)36-26(38)22(40-29(36)34-16)15-20-14-21(30)27(39-20)41-28-32-12-5-13-33-28/h2-15,24H,1H3,(H,35,37)/b22-15+/t24-/m0/s1. The van der Waals surface area contributed by atoms with Crippen LogP contribution in [-0.2, 0) is 4.79 Å². The van der Waals surface area contributed by atoms with Crippen LogP contribution in [0, 0.1) is 5.82 Å². The number of benzene rings is 2. The molecule has 0 aliphatic carbocycles. The molecule has 1 aliphatic heterocycles. The summed E-state index contributed by atoms with van der Waals surface area (Å²) in [5.74, 6) is -0.382. The Bertz CT molecular complexity index is 1970. The zero-order valence-electron chi connectivity index (χ0n) is 21.2. The molecule has 4 heterocycles. The van der Waals surface area contributed by atoms with E-state index in [1.807, 2.05) is 18.2 Å². The Morgan fingerprint density at radius 3 is 2.59 bits per heavy atom. The summed E-state index contributed by atoms with van der Waals surface area (Å²) in [6, 6.07) is 17.4. The number of thiazole rings is 1. The number of amides is 1. The van der Waals surface area contributed by atoms with Gasteiger partial charge in [0.15, 0.2) is 15.1 Å². The molecular formula is C29H19BrFN5O3S2. The van der Waals surface area contributed by atoms with Crippen molar-refractivity contribution in [2.75, 3.05) is 5.32 Å². The minimum atomic E-state index is -0.817. The summed E-state index contributed by atoms with van der Waals surface area (Å²) in [6.45, 7) is 1.73. The van der Waals surface area contributed by atoms with Gasteiger partial charge in [-0.05, 0) is 76.6 Å². The zero-order chi connectivity index (χ0) is 28.5. The first kappa shape index (κ1) is 27.1. The van der Waals surface area contributed by atoms with Crippen molar-refractivity contribution in [2.45, 2.75) is 23.2 Å². The van der Waals surface area contributed by atoms with Crippen molar-refractivity contribution in [1.29, 1.82) is 0 Å². The molecule has 1 amide bonds. The average Bonchev–Trinajstić information content (AvgIpc) is 3.46. The molecular weight excluding hydrogens is 629 g/mol. The number of allylic oxidation sites excluding steroid dienone is 1. The average molecular weight is 649 g/mol. The number of nitrogens with one attached hydrogen (secondary N) is 1. The predicted octanol–water partition coefficient (Wildman–Crippen LogP) is 5.31. The quantitative estimate of drug-likeness (QED) is 0.251. The predicted molar refractivity (Wildman–Crippen MR) is 158 cm³/mol. The first-order valence-corrected chi connectivity index (χ1v) is 14.7. The normalized spacial score (nSPS) is 15.0. The molecule has 2 aromatic carbocycles. The molecule has 0 radical (unpaired) electrons. The van der Waals surface area contributed by atoms with E-state index in [2.05, 4.69) is 36.2 Å². The highest BCUT2D eigenvalue weighted by Gasteiger charge is 2.32. The van der Waals surface area contributed by atoms with Crippen molar-refractivity contribution in [3.05, 3.63) is 132 Å². The highest BCUT2D eigenvalue weighted by molar-refractivity contribution is 9.10. The smallest absolute Gasteiger partial charge is 0.271 e. The lowest BCUT2D eigenvalue weighted by atomic mass is 9.95. The van der Waals surface area contributed by atoms with E-state index in [4.69, 9.17) is 4.42 Å². The van der Waals surface area contributed by atoms with Crippen LogP contribution >= 0.6 is 39.0 Å². The number of rotatable bonds is 6. The summed E-state index contributed by atoms with van der Waals surface area (Å²) in [4.78, 5) is 40.9. The third kappa shape index (κ3) is 5.58. The van der Waals surface area contributed by atoms with Crippen LogP contribution in [0.15, 0.2) is 119 Å². The monoisotopic (exact) mass is 647 g/mol. The van der Waals surface area contributed by atoms with Gasteiger partial charge in [0.1, 0.15) is 11.6 Å². The fourth-order valence-electron chi connectivity index (χ4n) is 4.35. The van der Waals surface area contributed by atoms with Gasteiger partial charge in [0.05, 0.1) is 26.3 Å². The minimum absolute atomic E-state index is 0.293. The van der Waals surface area contributed by atoms with Gasteiger partial charge in [-0.25, -0.2) is 19.4 Å². The van der Waals surface area contributed by atoms with Gasteiger partial charge >= 0.3 is 0 Å². The van der Waals surface area contributed by atoms with Gasteiger partial charge in [-0.15, -0.1) is 0 Å². The molecule has 0 unspecified atom stereocenters. The number of halogens is 2. The van der Waals surface area contributed by atoms with Gasteiger partial charge in [0, 0.05) is 24.2 Å². The number of anilines is 1. The van der Waals surface area contributed by atoms with Gasteiger partial charge in [-0.1, -0.05) is 41.7 Å². The van der Waals surface area contributed by atoms with E-state index >= 15 is 0 Å². The fourth-order valence-corrected chi connectivity index (χ4v) is 6.62. The Labute approximate surface area is 249 Å². The number of para-hydroxylation sites is 1. The van der Waals surface area contributed by atoms with Crippen LogP contribution in [-0.4, -0.2) is 20.4 Å². The van der Waals surface area contributed by atoms with Crippen molar-refractivity contribution in [2.24, 2.45) is 4.99 Å². The summed E-state index contributed by atoms with van der Waals surface area (Å²) >= 11 is 5.92. The van der Waals surface area contributed by atoms with Crippen LogP contribution < -0.4 is 20.2 Å². The lowest BCUT2D eigenvalue weighted by Crippen LogP contribution is -2.40. The molecule has 1 atom stereocenters. The zero-order valence-corrected chi connectivity index (χ0v) is 24.5. The third-order valence-electron chi connectivity index (χ3n) is 6.16. The summed E-state index contributed by atoms with van der Waals surface area (Å²) in [5, 5.41) is 3.95. The van der Waals surface area contributed by atoms with Crippen molar-refractivity contribution in [3.8, 4) is 0 Å². The third-order valence-corrected chi connectivity index (χ3v) is 8.87. The van der Waals surface area contributed by atoms with Gasteiger partial charge in [-0.2, -0.15) is 0 Å². The molecule has 0 saturated heterocycles. The lowest BCUT2D eigenvalue weighted by molar-refractivity contribution is -0.113. The van der Waals surface area contributed by atoms with Crippen LogP contribution in [0.1, 0.15) is 24.3 Å². The van der Waals surface area contributed by atoms with Gasteiger partial charge < -0.3 is 9.73 Å². The number of fused-ring (bicyclic) bond motifs is 1. The summed E-state index contributed by atoms with van der Waals surface area (Å²) < 4.78 is 22.4. The van der Waals surface area contributed by atoms with E-state index in [9.17, 15) is 14.0 Å². The number of furan rings is 1. The summed E-state index contributed by atoms with van der Waals surface area (Å²) in [6.07, 6.45) is 4.92. The molecule has 0 saturated carbocycles. The molecule has 3 aromatic heterocycles. The summed E-state index contributed by atoms with van der Waals surface area (Å²) in [7, 11) is 0. The lowest BCUT2D eigenvalue weighted by Gasteiger charge is -2.25. The van der Waals surface area contributed by atoms with Crippen molar-refractivity contribution in [3.63, 3.8) is 0 Å². The molecule has 204 valence electrons. The van der Waals surface area contributed by atoms with E-state index in [1.165, 1.54) is 39.8 Å². The van der Waals surface area contributed by atoms with Crippen LogP contribution in [0.4, 0.5) is 10.1 Å². The molecule has 41 heavy (non-hydrogen) atoms. The molecule has 0 bridgehead atoms. The Morgan fingerprint density at radius 1 is 1.12 bits per heavy atom. The Morgan fingerprint density at radius 2 is 1.85 bits per heavy atom. The second kappa shape index (κ2) is 11.4. The van der Waals surface area contributed by atoms with Gasteiger partial charge in [0.25, 0.3) is 11.5 Å². The number of hydrogen-bond donors (Lipinski definition) is 1. The first-order chi connectivity index (χ1) is 19.9. The second-order valence-corrected chi connectivity index (χ2v) is 11.7. The number of nitrogens with zero attached hydrogens (tertiary/aromatic N) is 4. The highest BCUT2D eigenvalue weighted by Crippen LogP contribution is 2.34. The maximum absolute atomic E-state index is 13.9. The van der Waals surface area contributed by atoms with E-state index in [1.54, 1.807) is 61.8 Å². The highest BCUT2D eigenvalue weighted by atomic mass is 79.9. The first-order valence-electron chi connectivity index (χ1n) is 12.3. The fraction of sp³-hybridized carbons (Fsp3) is 0.0690. The molecule has 0 fully saturated rings. The Balaban J connectivity index is 1.43. The number of carbonyl (C=O) groups excluding carboxylic acids is 1. The molecule has 1 N–H and O–H groups in total. The molecule has 12 heteroatoms. The van der Waals surface area contributed by atoms with E-state index < -0.39 is 17.8 Å². The Kier molecular flexibility index (Phi) is 7.52. The van der Waals surface area contributed by atoms with Crippen LogP contribution in [0.2, 0.25) is 0 Å². The van der Waals surface area contributed by atoms with Crippen LogP contribution in [0.25, 0.3) is 6.08 Å². The van der Waals surface area contributed by atoms with Crippen molar-refractivity contribution >= 4 is 56.7 Å². The topological polar surface area (TPSA) is 102 Å². The van der Waals surface area contributed by atoms with Gasteiger partial charge in [-0.3, -0.25) is 14.2 Å².